The van der Waals surface area contributed by atoms with Gasteiger partial charge in [0.2, 0.25) is 0 Å². The number of rotatable bonds is 6. The first-order valence-electron chi connectivity index (χ1n) is 11.2. The van der Waals surface area contributed by atoms with Crippen LogP contribution in [0.4, 0.5) is 0 Å². The molecule has 1 aromatic rings. The highest BCUT2D eigenvalue weighted by Gasteiger charge is 2.35. The summed E-state index contributed by atoms with van der Waals surface area (Å²) < 4.78 is 23.5. The van der Waals surface area contributed by atoms with E-state index in [1.165, 1.54) is 20.3 Å². The quantitative estimate of drug-likeness (QED) is 0.401. The van der Waals surface area contributed by atoms with E-state index in [4.69, 9.17) is 9.05 Å². The van der Waals surface area contributed by atoms with Crippen LogP contribution in [0.25, 0.3) is 6.08 Å². The van der Waals surface area contributed by atoms with Crippen molar-refractivity contribution in [3.63, 3.8) is 0 Å². The van der Waals surface area contributed by atoms with Crippen LogP contribution in [0.2, 0.25) is 0 Å². The van der Waals surface area contributed by atoms with Crippen molar-refractivity contribution in [3.8, 4) is 5.75 Å². The zero-order valence-electron chi connectivity index (χ0n) is 19.4. The Morgan fingerprint density at radius 1 is 1.00 bits per heavy atom. The third-order valence-electron chi connectivity index (χ3n) is 6.41. The molecule has 170 valence electrons. The Balaban J connectivity index is 2.07. The summed E-state index contributed by atoms with van der Waals surface area (Å²) in [5, 5.41) is 11.1. The largest absolute Gasteiger partial charge is 0.507 e. The summed E-state index contributed by atoms with van der Waals surface area (Å²) in [5.74, 6) is 0.0709. The monoisotopic (exact) mass is 446 g/mol. The number of benzene rings is 1. The van der Waals surface area contributed by atoms with E-state index >= 15 is 0 Å². The van der Waals surface area contributed by atoms with Crippen molar-refractivity contribution < 1.29 is 23.5 Å². The fraction of sp³-hybridized carbons (Fsp3) is 0.560. The van der Waals surface area contributed by atoms with Crippen LogP contribution >= 0.6 is 7.60 Å². The highest BCUT2D eigenvalue weighted by Crippen LogP contribution is 2.58. The second kappa shape index (κ2) is 9.44. The molecule has 2 aliphatic carbocycles. The van der Waals surface area contributed by atoms with Crippen molar-refractivity contribution in [3.05, 3.63) is 45.3 Å². The Bertz CT molecular complexity index is 949. The molecule has 0 aliphatic heterocycles. The number of ketones is 1. The summed E-state index contributed by atoms with van der Waals surface area (Å²) in [6, 6.07) is 2.00. The molecule has 0 radical (unpaired) electrons. The van der Waals surface area contributed by atoms with Crippen molar-refractivity contribution in [1.82, 2.24) is 0 Å². The van der Waals surface area contributed by atoms with Crippen LogP contribution in [0, 0.1) is 0 Å². The van der Waals surface area contributed by atoms with Crippen LogP contribution in [-0.2, 0) is 36.7 Å². The van der Waals surface area contributed by atoms with Gasteiger partial charge in [-0.15, -0.1) is 0 Å². The maximum Gasteiger partial charge on any atom is 0.364 e. The van der Waals surface area contributed by atoms with Gasteiger partial charge in [-0.1, -0.05) is 32.4 Å². The van der Waals surface area contributed by atoms with Gasteiger partial charge >= 0.3 is 7.60 Å². The van der Waals surface area contributed by atoms with Gasteiger partial charge in [-0.05, 0) is 85.6 Å². The number of hydrogen-bond acceptors (Lipinski definition) is 5. The van der Waals surface area contributed by atoms with Crippen molar-refractivity contribution in [1.29, 1.82) is 0 Å². The first kappa shape index (κ1) is 24.0. The second-order valence-corrected chi connectivity index (χ2v) is 11.7. The van der Waals surface area contributed by atoms with Gasteiger partial charge in [-0.25, -0.2) is 0 Å². The topological polar surface area (TPSA) is 72.8 Å². The zero-order valence-corrected chi connectivity index (χ0v) is 20.3. The van der Waals surface area contributed by atoms with Crippen LogP contribution < -0.4 is 0 Å². The molecule has 2 aliphatic rings. The molecule has 1 aromatic carbocycles. The summed E-state index contributed by atoms with van der Waals surface area (Å²) in [5.41, 5.74) is 4.60. The first-order chi connectivity index (χ1) is 14.6. The molecule has 0 unspecified atom stereocenters. The SMILES string of the molecule is COP(=O)(OC)C(C(=O)C=Cc1cc(C(C)(C)C)c(O)c2c1CCCC2)=C1CCCC1. The number of phenolic OH excluding ortho intramolecular Hbond substituents is 1. The van der Waals surface area contributed by atoms with E-state index in [2.05, 4.69) is 20.8 Å². The molecule has 0 heterocycles. The summed E-state index contributed by atoms with van der Waals surface area (Å²) >= 11 is 0. The fourth-order valence-corrected chi connectivity index (χ4v) is 6.19. The standard InChI is InChI=1S/C25H35O5P/c1-25(2,3)21-16-18(19-12-8-9-13-20(19)23(21)27)14-15-22(26)24(17-10-6-7-11-17)31(28,29-4)30-5/h14-16,27H,6-13H2,1-5H3. The maximum absolute atomic E-state index is 13.3. The lowest BCUT2D eigenvalue weighted by molar-refractivity contribution is -0.110. The van der Waals surface area contributed by atoms with E-state index in [9.17, 15) is 14.5 Å². The van der Waals surface area contributed by atoms with Gasteiger partial charge in [0.25, 0.3) is 0 Å². The van der Waals surface area contributed by atoms with E-state index in [1.807, 2.05) is 12.1 Å². The Labute approximate surface area is 186 Å². The molecular formula is C25H35O5P. The van der Waals surface area contributed by atoms with E-state index in [1.54, 1.807) is 0 Å². The predicted molar refractivity (Wildman–Crippen MR) is 125 cm³/mol. The molecule has 1 fully saturated rings. The third-order valence-corrected chi connectivity index (χ3v) is 8.46. The van der Waals surface area contributed by atoms with Gasteiger partial charge in [0.1, 0.15) is 11.1 Å². The van der Waals surface area contributed by atoms with Crippen molar-refractivity contribution in [2.75, 3.05) is 14.2 Å². The lowest BCUT2D eigenvalue weighted by Gasteiger charge is -2.27. The molecule has 0 atom stereocenters. The molecule has 6 heteroatoms. The average Bonchev–Trinajstić information content (AvgIpc) is 3.26. The van der Waals surface area contributed by atoms with Crippen LogP contribution in [0.3, 0.4) is 0 Å². The molecule has 1 N–H and O–H groups in total. The van der Waals surface area contributed by atoms with E-state index < -0.39 is 7.60 Å². The van der Waals surface area contributed by atoms with Gasteiger partial charge in [0, 0.05) is 19.8 Å². The molecule has 31 heavy (non-hydrogen) atoms. The van der Waals surface area contributed by atoms with Crippen LogP contribution in [0.15, 0.2) is 23.0 Å². The minimum Gasteiger partial charge on any atom is -0.507 e. The van der Waals surface area contributed by atoms with Gasteiger partial charge in [-0.3, -0.25) is 9.36 Å². The molecule has 3 rings (SSSR count). The van der Waals surface area contributed by atoms with Crippen molar-refractivity contribution >= 4 is 19.5 Å². The third kappa shape index (κ3) is 4.89. The number of fused-ring (bicyclic) bond motifs is 1. The summed E-state index contributed by atoms with van der Waals surface area (Å²) in [7, 11) is -1.00. The predicted octanol–water partition coefficient (Wildman–Crippen LogP) is 6.46. The highest BCUT2D eigenvalue weighted by atomic mass is 31.2. The van der Waals surface area contributed by atoms with Gasteiger partial charge < -0.3 is 14.2 Å². The molecule has 0 aromatic heterocycles. The molecule has 0 bridgehead atoms. The summed E-state index contributed by atoms with van der Waals surface area (Å²) in [4.78, 5) is 13.3. The van der Waals surface area contributed by atoms with Crippen LogP contribution in [0.5, 0.6) is 5.75 Å². The molecule has 5 nitrogen and oxygen atoms in total. The van der Waals surface area contributed by atoms with Gasteiger partial charge in [-0.2, -0.15) is 0 Å². The molecular weight excluding hydrogens is 411 g/mol. The second-order valence-electron chi connectivity index (χ2n) is 9.50. The molecule has 1 saturated carbocycles. The Morgan fingerprint density at radius 2 is 1.55 bits per heavy atom. The summed E-state index contributed by atoms with van der Waals surface area (Å²) in [6.07, 6.45) is 10.6. The van der Waals surface area contributed by atoms with Crippen molar-refractivity contribution in [2.24, 2.45) is 0 Å². The molecule has 0 spiro atoms. The van der Waals surface area contributed by atoms with Crippen LogP contribution in [-0.4, -0.2) is 25.1 Å². The number of carbonyl (C=O) groups excluding carboxylic acids is 1. The number of phenols is 1. The lowest BCUT2D eigenvalue weighted by atomic mass is 9.79. The Hall–Kier alpha value is -1.68. The van der Waals surface area contributed by atoms with E-state index in [-0.39, 0.29) is 16.5 Å². The van der Waals surface area contributed by atoms with Gasteiger partial charge in [0.05, 0.1) is 0 Å². The number of hydrogen-bond donors (Lipinski definition) is 1. The lowest BCUT2D eigenvalue weighted by Crippen LogP contribution is -2.15. The van der Waals surface area contributed by atoms with Crippen LogP contribution in [0.1, 0.15) is 81.5 Å². The Morgan fingerprint density at radius 3 is 2.10 bits per heavy atom. The minimum absolute atomic E-state index is 0.190. The van der Waals surface area contributed by atoms with Gasteiger partial charge in [0.15, 0.2) is 5.78 Å². The number of carbonyl (C=O) groups is 1. The minimum atomic E-state index is -3.65. The normalized spacial score (nSPS) is 17.3. The van der Waals surface area contributed by atoms with E-state index in [0.29, 0.717) is 5.75 Å². The smallest absolute Gasteiger partial charge is 0.364 e. The Kier molecular flexibility index (Phi) is 7.30. The number of allylic oxidation sites excluding steroid dienone is 3. The number of aromatic hydroxyl groups is 1. The van der Waals surface area contributed by atoms with Crippen molar-refractivity contribution in [2.45, 2.75) is 77.6 Å². The fourth-order valence-electron chi connectivity index (χ4n) is 4.72. The highest BCUT2D eigenvalue weighted by molar-refractivity contribution is 7.60. The first-order valence-corrected chi connectivity index (χ1v) is 12.7. The average molecular weight is 447 g/mol. The maximum atomic E-state index is 13.3. The summed E-state index contributed by atoms with van der Waals surface area (Å²) in [6.45, 7) is 6.23. The zero-order chi connectivity index (χ0) is 22.8. The van der Waals surface area contributed by atoms with E-state index in [0.717, 1.165) is 79.2 Å². The molecule has 0 amide bonds. The molecule has 0 saturated heterocycles.